The molecule has 2 heterocycles. The van der Waals surface area contributed by atoms with Gasteiger partial charge in [0.1, 0.15) is 17.7 Å². The minimum absolute atomic E-state index is 0.124. The highest BCUT2D eigenvalue weighted by molar-refractivity contribution is 6.00. The van der Waals surface area contributed by atoms with Crippen molar-refractivity contribution in [2.75, 3.05) is 6.54 Å². The second-order valence-electron chi connectivity index (χ2n) is 6.11. The third-order valence-corrected chi connectivity index (χ3v) is 4.08. The van der Waals surface area contributed by atoms with Crippen molar-refractivity contribution >= 4 is 22.5 Å². The van der Waals surface area contributed by atoms with Crippen molar-refractivity contribution in [1.29, 1.82) is 0 Å². The van der Waals surface area contributed by atoms with Crippen LogP contribution >= 0.6 is 0 Å². The van der Waals surface area contributed by atoms with Crippen molar-refractivity contribution in [1.82, 2.24) is 14.7 Å². The third-order valence-electron chi connectivity index (χ3n) is 4.08. The van der Waals surface area contributed by atoms with Crippen LogP contribution in [0.2, 0.25) is 0 Å². The van der Waals surface area contributed by atoms with E-state index in [4.69, 9.17) is 10.2 Å². The quantitative estimate of drug-likeness (QED) is 0.601. The molecule has 25 heavy (non-hydrogen) atoms. The van der Waals surface area contributed by atoms with Crippen LogP contribution in [-0.2, 0) is 0 Å². The molecule has 3 N–H and O–H groups in total. The van der Waals surface area contributed by atoms with Crippen molar-refractivity contribution < 1.29 is 9.21 Å². The van der Waals surface area contributed by atoms with Crippen LogP contribution in [0.15, 0.2) is 59.3 Å². The minimum atomic E-state index is -0.227. The summed E-state index contributed by atoms with van der Waals surface area (Å²) >= 11 is 0. The predicted octanol–water partition coefficient (Wildman–Crippen LogP) is 2.82. The summed E-state index contributed by atoms with van der Waals surface area (Å²) in [5.41, 5.74) is 7.64. The predicted molar refractivity (Wildman–Crippen MR) is 96.4 cm³/mol. The molecule has 6 heteroatoms. The van der Waals surface area contributed by atoms with E-state index >= 15 is 0 Å². The SMILES string of the molecule is CC(N)CNC(=O)c1c(-c2ccc3ccccc3c2)nc2occn12. The molecule has 2 aromatic heterocycles. The van der Waals surface area contributed by atoms with E-state index in [-0.39, 0.29) is 11.9 Å². The van der Waals surface area contributed by atoms with E-state index in [0.29, 0.717) is 23.8 Å². The van der Waals surface area contributed by atoms with Crippen LogP contribution in [0.1, 0.15) is 17.4 Å². The highest BCUT2D eigenvalue weighted by Gasteiger charge is 2.22. The number of amides is 1. The largest absolute Gasteiger partial charge is 0.432 e. The molecule has 0 aliphatic rings. The topological polar surface area (TPSA) is 85.6 Å². The number of nitrogens with zero attached hydrogens (tertiary/aromatic N) is 2. The third kappa shape index (κ3) is 2.77. The Kier molecular flexibility index (Phi) is 3.74. The zero-order chi connectivity index (χ0) is 17.4. The Bertz CT molecular complexity index is 1060. The number of nitrogens with one attached hydrogen (secondary N) is 1. The van der Waals surface area contributed by atoms with Crippen LogP contribution in [0.3, 0.4) is 0 Å². The van der Waals surface area contributed by atoms with Gasteiger partial charge in [-0.2, -0.15) is 4.98 Å². The van der Waals surface area contributed by atoms with E-state index in [1.54, 1.807) is 10.6 Å². The van der Waals surface area contributed by atoms with Crippen molar-refractivity contribution in [3.63, 3.8) is 0 Å². The average Bonchev–Trinajstić information content (AvgIpc) is 3.20. The molecule has 1 unspecified atom stereocenters. The zero-order valence-corrected chi connectivity index (χ0v) is 13.8. The van der Waals surface area contributed by atoms with Crippen molar-refractivity contribution in [3.8, 4) is 11.3 Å². The summed E-state index contributed by atoms with van der Waals surface area (Å²) in [6.07, 6.45) is 3.20. The Morgan fingerprint density at radius 3 is 2.88 bits per heavy atom. The first-order chi connectivity index (χ1) is 12.1. The second-order valence-corrected chi connectivity index (χ2v) is 6.11. The van der Waals surface area contributed by atoms with E-state index < -0.39 is 0 Å². The summed E-state index contributed by atoms with van der Waals surface area (Å²) in [4.78, 5) is 17.2. The van der Waals surface area contributed by atoms with Gasteiger partial charge >= 0.3 is 5.84 Å². The van der Waals surface area contributed by atoms with Gasteiger partial charge < -0.3 is 15.5 Å². The van der Waals surface area contributed by atoms with Crippen LogP contribution in [-0.4, -0.2) is 27.9 Å². The number of fused-ring (bicyclic) bond motifs is 2. The maximum Gasteiger partial charge on any atom is 0.306 e. The summed E-state index contributed by atoms with van der Waals surface area (Å²) in [5.74, 6) is 0.156. The Morgan fingerprint density at radius 1 is 1.28 bits per heavy atom. The first-order valence-corrected chi connectivity index (χ1v) is 8.12. The second kappa shape index (κ2) is 6.07. The van der Waals surface area contributed by atoms with Gasteiger partial charge in [0.2, 0.25) is 0 Å². The Balaban J connectivity index is 1.84. The standard InChI is InChI=1S/C19H18N4O2/c1-12(20)11-21-18(24)17-16(22-19-23(17)8-9-25-19)15-7-6-13-4-2-3-5-14(13)10-15/h2-10,12H,11,20H2,1H3,(H,21,24). The first kappa shape index (κ1) is 15.4. The molecule has 0 bridgehead atoms. The number of imidazole rings is 1. The molecule has 1 amide bonds. The van der Waals surface area contributed by atoms with Gasteiger partial charge in [0.15, 0.2) is 0 Å². The van der Waals surface area contributed by atoms with Crippen molar-refractivity contribution in [2.24, 2.45) is 5.73 Å². The summed E-state index contributed by atoms with van der Waals surface area (Å²) in [6, 6.07) is 14.0. The molecular weight excluding hydrogens is 316 g/mol. The Hall–Kier alpha value is -3.12. The molecular formula is C19H18N4O2. The lowest BCUT2D eigenvalue weighted by atomic mass is 10.0. The summed E-state index contributed by atoms with van der Waals surface area (Å²) in [5, 5.41) is 5.07. The van der Waals surface area contributed by atoms with E-state index in [0.717, 1.165) is 16.3 Å². The van der Waals surface area contributed by atoms with Crippen LogP contribution < -0.4 is 11.1 Å². The summed E-state index contributed by atoms with van der Waals surface area (Å²) < 4.78 is 7.02. The number of benzene rings is 2. The normalized spacial score (nSPS) is 12.6. The monoisotopic (exact) mass is 334 g/mol. The fourth-order valence-corrected chi connectivity index (χ4v) is 2.88. The van der Waals surface area contributed by atoms with Gasteiger partial charge in [-0.1, -0.05) is 36.4 Å². The number of oxazole rings is 1. The molecule has 0 spiro atoms. The molecule has 0 saturated heterocycles. The maximum absolute atomic E-state index is 12.7. The molecule has 0 fully saturated rings. The molecule has 4 rings (SSSR count). The van der Waals surface area contributed by atoms with Gasteiger partial charge in [0.05, 0.1) is 0 Å². The number of rotatable bonds is 4. The lowest BCUT2D eigenvalue weighted by Gasteiger charge is -2.09. The first-order valence-electron chi connectivity index (χ1n) is 8.12. The molecule has 4 aromatic rings. The average molecular weight is 334 g/mol. The van der Waals surface area contributed by atoms with Gasteiger partial charge in [-0.25, -0.2) is 0 Å². The van der Waals surface area contributed by atoms with E-state index in [1.807, 2.05) is 49.4 Å². The van der Waals surface area contributed by atoms with Crippen LogP contribution in [0, 0.1) is 0 Å². The molecule has 2 aromatic carbocycles. The van der Waals surface area contributed by atoms with E-state index in [2.05, 4.69) is 10.3 Å². The molecule has 0 saturated carbocycles. The smallest absolute Gasteiger partial charge is 0.306 e. The van der Waals surface area contributed by atoms with Gasteiger partial charge in [0, 0.05) is 24.3 Å². The van der Waals surface area contributed by atoms with Gasteiger partial charge in [-0.15, -0.1) is 0 Å². The Morgan fingerprint density at radius 2 is 2.08 bits per heavy atom. The number of aromatic nitrogens is 2. The van der Waals surface area contributed by atoms with Gasteiger partial charge in [-0.3, -0.25) is 9.20 Å². The molecule has 6 nitrogen and oxygen atoms in total. The fourth-order valence-electron chi connectivity index (χ4n) is 2.88. The van der Waals surface area contributed by atoms with Crippen molar-refractivity contribution in [2.45, 2.75) is 13.0 Å². The number of carbonyl (C=O) groups is 1. The van der Waals surface area contributed by atoms with Crippen molar-refractivity contribution in [3.05, 3.63) is 60.6 Å². The number of carbonyl (C=O) groups excluding carboxylic acids is 1. The lowest BCUT2D eigenvalue weighted by molar-refractivity contribution is 0.0946. The number of hydrogen-bond acceptors (Lipinski definition) is 4. The zero-order valence-electron chi connectivity index (χ0n) is 13.8. The molecule has 0 aliphatic heterocycles. The maximum atomic E-state index is 12.7. The summed E-state index contributed by atoms with van der Waals surface area (Å²) in [7, 11) is 0. The van der Waals surface area contributed by atoms with Gasteiger partial charge in [-0.05, 0) is 23.8 Å². The fraction of sp³-hybridized carbons (Fsp3) is 0.158. The molecule has 1 atom stereocenters. The van der Waals surface area contributed by atoms with Gasteiger partial charge in [0.25, 0.3) is 5.91 Å². The minimum Gasteiger partial charge on any atom is -0.432 e. The Labute approximate surface area is 144 Å². The lowest BCUT2D eigenvalue weighted by Crippen LogP contribution is -2.35. The van der Waals surface area contributed by atoms with Crippen LogP contribution in [0.5, 0.6) is 0 Å². The summed E-state index contributed by atoms with van der Waals surface area (Å²) in [6.45, 7) is 2.23. The van der Waals surface area contributed by atoms with Crippen LogP contribution in [0.4, 0.5) is 0 Å². The molecule has 0 radical (unpaired) electrons. The van der Waals surface area contributed by atoms with Crippen LogP contribution in [0.25, 0.3) is 27.9 Å². The number of nitrogens with two attached hydrogens (primary N) is 1. The highest BCUT2D eigenvalue weighted by atomic mass is 16.3. The molecule has 126 valence electrons. The van der Waals surface area contributed by atoms with E-state index in [1.165, 1.54) is 6.26 Å². The number of hydrogen-bond donors (Lipinski definition) is 2. The highest BCUT2D eigenvalue weighted by Crippen LogP contribution is 2.28. The van der Waals surface area contributed by atoms with E-state index in [9.17, 15) is 4.79 Å². The molecule has 0 aliphatic carbocycles.